The smallest absolute Gasteiger partial charge is 0.246 e. The van der Waals surface area contributed by atoms with Crippen LogP contribution in [0.4, 0.5) is 10.1 Å². The molecule has 1 saturated heterocycles. The first-order valence-corrected chi connectivity index (χ1v) is 10.9. The quantitative estimate of drug-likeness (QED) is 0.414. The normalized spacial score (nSPS) is 16.2. The maximum atomic E-state index is 13.0. The monoisotopic (exact) mass is 439 g/mol. The Morgan fingerprint density at radius 1 is 1.12 bits per heavy atom. The molecule has 32 heavy (non-hydrogen) atoms. The minimum atomic E-state index is -0.358. The summed E-state index contributed by atoms with van der Waals surface area (Å²) in [6.07, 6.45) is 1.35. The minimum Gasteiger partial charge on any atom is -0.357 e. The number of amides is 2. The predicted octanol–water partition coefficient (Wildman–Crippen LogP) is 2.41. The van der Waals surface area contributed by atoms with Gasteiger partial charge in [0.25, 0.3) is 0 Å². The third-order valence-corrected chi connectivity index (χ3v) is 5.22. The van der Waals surface area contributed by atoms with Crippen molar-refractivity contribution in [2.45, 2.75) is 19.8 Å². The standard InChI is InChI=1S/C24H30FN5O2/c1-2-26-24(28-16-22(31)29-21-10-8-20(25)9-11-21)27-15-19-14-23(32)30(17-19)13-12-18-6-4-3-5-7-18/h3-11,19H,2,12-17H2,1H3,(H,29,31)(H2,26,27,28). The Kier molecular flexibility index (Phi) is 8.60. The molecule has 1 heterocycles. The number of hydrogen-bond acceptors (Lipinski definition) is 3. The molecule has 1 aliphatic rings. The molecular formula is C24H30FN5O2. The Morgan fingerprint density at radius 3 is 2.59 bits per heavy atom. The van der Waals surface area contributed by atoms with Gasteiger partial charge in [-0.1, -0.05) is 30.3 Å². The van der Waals surface area contributed by atoms with Gasteiger partial charge in [0.1, 0.15) is 12.4 Å². The summed E-state index contributed by atoms with van der Waals surface area (Å²) >= 11 is 0. The van der Waals surface area contributed by atoms with E-state index in [0.717, 1.165) is 13.0 Å². The second-order valence-electron chi connectivity index (χ2n) is 7.78. The van der Waals surface area contributed by atoms with Crippen LogP contribution in [0.5, 0.6) is 0 Å². The van der Waals surface area contributed by atoms with Crippen LogP contribution < -0.4 is 16.0 Å². The zero-order valence-electron chi connectivity index (χ0n) is 18.3. The van der Waals surface area contributed by atoms with E-state index >= 15 is 0 Å². The van der Waals surface area contributed by atoms with Gasteiger partial charge in [-0.15, -0.1) is 0 Å². The summed E-state index contributed by atoms with van der Waals surface area (Å²) in [5, 5.41) is 9.03. The van der Waals surface area contributed by atoms with E-state index in [2.05, 4.69) is 33.1 Å². The second-order valence-corrected chi connectivity index (χ2v) is 7.78. The Morgan fingerprint density at radius 2 is 1.88 bits per heavy atom. The molecule has 0 aromatic heterocycles. The van der Waals surface area contributed by atoms with Crippen molar-refractivity contribution in [2.75, 3.05) is 38.0 Å². The molecule has 0 radical (unpaired) electrons. The molecule has 0 saturated carbocycles. The van der Waals surface area contributed by atoms with Crippen molar-refractivity contribution < 1.29 is 14.0 Å². The van der Waals surface area contributed by atoms with E-state index in [4.69, 9.17) is 0 Å². The number of halogens is 1. The first kappa shape index (κ1) is 23.2. The predicted molar refractivity (Wildman–Crippen MR) is 124 cm³/mol. The molecule has 170 valence electrons. The van der Waals surface area contributed by atoms with E-state index in [1.165, 1.54) is 29.8 Å². The van der Waals surface area contributed by atoms with Crippen LogP contribution in [0.3, 0.4) is 0 Å². The van der Waals surface area contributed by atoms with Crippen molar-refractivity contribution in [1.29, 1.82) is 0 Å². The molecule has 0 aliphatic carbocycles. The molecule has 3 rings (SSSR count). The van der Waals surface area contributed by atoms with Crippen molar-refractivity contribution in [1.82, 2.24) is 15.5 Å². The summed E-state index contributed by atoms with van der Waals surface area (Å²) in [7, 11) is 0. The molecule has 3 N–H and O–H groups in total. The molecule has 7 nitrogen and oxygen atoms in total. The lowest BCUT2D eigenvalue weighted by molar-refractivity contribution is -0.127. The fourth-order valence-electron chi connectivity index (χ4n) is 3.58. The number of likely N-dealkylation sites (tertiary alicyclic amines) is 1. The summed E-state index contributed by atoms with van der Waals surface area (Å²) in [4.78, 5) is 30.7. The maximum absolute atomic E-state index is 13.0. The van der Waals surface area contributed by atoms with E-state index in [1.54, 1.807) is 0 Å². The van der Waals surface area contributed by atoms with E-state index < -0.39 is 0 Å². The average molecular weight is 440 g/mol. The first-order valence-electron chi connectivity index (χ1n) is 10.9. The number of rotatable bonds is 9. The summed E-state index contributed by atoms with van der Waals surface area (Å²) < 4.78 is 13.0. The van der Waals surface area contributed by atoms with Crippen LogP contribution in [0.25, 0.3) is 0 Å². The highest BCUT2D eigenvalue weighted by atomic mass is 19.1. The second kappa shape index (κ2) is 11.8. The lowest BCUT2D eigenvalue weighted by Crippen LogP contribution is -2.41. The van der Waals surface area contributed by atoms with E-state index in [9.17, 15) is 14.0 Å². The van der Waals surface area contributed by atoms with Crippen molar-refractivity contribution in [3.05, 3.63) is 66.0 Å². The van der Waals surface area contributed by atoms with Crippen LogP contribution in [-0.4, -0.2) is 55.4 Å². The Labute approximate surface area is 188 Å². The number of nitrogens with zero attached hydrogens (tertiary/aromatic N) is 2. The van der Waals surface area contributed by atoms with Crippen LogP contribution in [0.15, 0.2) is 59.6 Å². The average Bonchev–Trinajstić information content (AvgIpc) is 3.16. The lowest BCUT2D eigenvalue weighted by atomic mass is 10.1. The largest absolute Gasteiger partial charge is 0.357 e. The van der Waals surface area contributed by atoms with Gasteiger partial charge in [-0.3, -0.25) is 9.59 Å². The fourth-order valence-corrected chi connectivity index (χ4v) is 3.58. The van der Waals surface area contributed by atoms with Gasteiger partial charge >= 0.3 is 0 Å². The lowest BCUT2D eigenvalue weighted by Gasteiger charge is -2.18. The summed E-state index contributed by atoms with van der Waals surface area (Å²) in [5.74, 6) is 0.237. The van der Waals surface area contributed by atoms with Crippen LogP contribution >= 0.6 is 0 Å². The van der Waals surface area contributed by atoms with Gasteiger partial charge in [-0.05, 0) is 43.2 Å². The molecule has 8 heteroatoms. The van der Waals surface area contributed by atoms with E-state index in [0.29, 0.717) is 37.7 Å². The zero-order chi connectivity index (χ0) is 22.8. The Balaban J connectivity index is 1.44. The highest BCUT2D eigenvalue weighted by Gasteiger charge is 2.29. The van der Waals surface area contributed by atoms with E-state index in [-0.39, 0.29) is 30.1 Å². The molecule has 1 unspecified atom stereocenters. The van der Waals surface area contributed by atoms with Crippen LogP contribution in [0.1, 0.15) is 18.9 Å². The number of hydrogen-bond donors (Lipinski definition) is 3. The molecule has 2 aromatic rings. The molecular weight excluding hydrogens is 409 g/mol. The molecule has 2 amide bonds. The fraction of sp³-hybridized carbons (Fsp3) is 0.375. The third-order valence-electron chi connectivity index (χ3n) is 5.22. The summed E-state index contributed by atoms with van der Waals surface area (Å²) in [6, 6.07) is 15.7. The number of carbonyl (C=O) groups is 2. The van der Waals surface area contributed by atoms with Crippen molar-refractivity contribution >= 4 is 23.5 Å². The number of nitrogens with one attached hydrogen (secondary N) is 3. The van der Waals surface area contributed by atoms with Crippen molar-refractivity contribution in [3.63, 3.8) is 0 Å². The number of benzene rings is 2. The van der Waals surface area contributed by atoms with E-state index in [1.807, 2.05) is 30.0 Å². The molecule has 0 bridgehead atoms. The topological polar surface area (TPSA) is 85.8 Å². The summed E-state index contributed by atoms with van der Waals surface area (Å²) in [6.45, 7) is 4.55. The Bertz CT molecular complexity index is 918. The SMILES string of the molecule is CCNC(=NCC(=O)Nc1ccc(F)cc1)NCC1CC(=O)N(CCc2ccccc2)C1. The van der Waals surface area contributed by atoms with Crippen LogP contribution in [0, 0.1) is 11.7 Å². The maximum Gasteiger partial charge on any atom is 0.246 e. The molecule has 0 spiro atoms. The van der Waals surface area contributed by atoms with Crippen molar-refractivity contribution in [2.24, 2.45) is 10.9 Å². The highest BCUT2D eigenvalue weighted by molar-refractivity contribution is 5.94. The molecule has 1 fully saturated rings. The molecule has 1 aliphatic heterocycles. The number of carbonyl (C=O) groups excluding carboxylic acids is 2. The van der Waals surface area contributed by atoms with Gasteiger partial charge in [-0.25, -0.2) is 9.38 Å². The zero-order valence-corrected chi connectivity index (χ0v) is 18.3. The van der Waals surface area contributed by atoms with Crippen LogP contribution in [-0.2, 0) is 16.0 Å². The van der Waals surface area contributed by atoms with Gasteiger partial charge < -0.3 is 20.9 Å². The highest BCUT2D eigenvalue weighted by Crippen LogP contribution is 2.17. The van der Waals surface area contributed by atoms with Crippen molar-refractivity contribution in [3.8, 4) is 0 Å². The van der Waals surface area contributed by atoms with Gasteiger partial charge in [0, 0.05) is 44.2 Å². The van der Waals surface area contributed by atoms with Gasteiger partial charge in [0.05, 0.1) is 0 Å². The number of aliphatic imine (C=N–C) groups is 1. The van der Waals surface area contributed by atoms with Gasteiger partial charge in [-0.2, -0.15) is 0 Å². The number of guanidine groups is 1. The van der Waals surface area contributed by atoms with Gasteiger partial charge in [0.2, 0.25) is 11.8 Å². The Hall–Kier alpha value is -3.42. The third kappa shape index (κ3) is 7.37. The molecule has 2 aromatic carbocycles. The van der Waals surface area contributed by atoms with Gasteiger partial charge in [0.15, 0.2) is 5.96 Å². The number of anilines is 1. The molecule has 1 atom stereocenters. The van der Waals surface area contributed by atoms with Crippen LogP contribution in [0.2, 0.25) is 0 Å². The minimum absolute atomic E-state index is 0.0699. The summed E-state index contributed by atoms with van der Waals surface area (Å²) in [5.41, 5.74) is 1.74. The first-order chi connectivity index (χ1) is 15.5.